The zero-order valence-electron chi connectivity index (χ0n) is 13.0. The highest BCUT2D eigenvalue weighted by atomic mass is 16.6. The Morgan fingerprint density at radius 2 is 1.68 bits per heavy atom. The zero-order chi connectivity index (χ0) is 15.4. The number of benzene rings is 2. The molecule has 0 amide bonds. The lowest BCUT2D eigenvalue weighted by Crippen LogP contribution is -2.15. The van der Waals surface area contributed by atoms with Crippen molar-refractivity contribution in [1.82, 2.24) is 0 Å². The molecule has 22 heavy (non-hydrogen) atoms. The van der Waals surface area contributed by atoms with E-state index in [-0.39, 0.29) is 0 Å². The first-order chi connectivity index (χ1) is 10.8. The molecule has 4 rings (SSSR count). The second kappa shape index (κ2) is 6.84. The number of hydrogen-bond donors (Lipinski definition) is 1. The minimum atomic E-state index is 0.538. The fraction of sp³-hybridized carbons (Fsp3) is 0.368. The van der Waals surface area contributed by atoms with Gasteiger partial charge in [-0.15, -0.1) is 0 Å². The highest BCUT2D eigenvalue weighted by Gasteiger charge is 2.33. The van der Waals surface area contributed by atoms with E-state index >= 15 is 0 Å². The quantitative estimate of drug-likeness (QED) is 0.918. The Bertz CT molecular complexity index is 612. The van der Waals surface area contributed by atoms with E-state index in [9.17, 15) is 0 Å². The lowest BCUT2D eigenvalue weighted by atomic mass is 10.1. The normalized spacial score (nSPS) is 21.5. The smallest absolute Gasteiger partial charge is 0.161 e. The van der Waals surface area contributed by atoms with Crippen LogP contribution in [-0.2, 0) is 6.54 Å². The van der Waals surface area contributed by atoms with Crippen LogP contribution in [0.5, 0.6) is 11.5 Å². The number of hydrogen-bond acceptors (Lipinski definition) is 3. The zero-order valence-corrected chi connectivity index (χ0v) is 13.0. The molecule has 2 aliphatic rings. The van der Waals surface area contributed by atoms with Crippen LogP contribution in [0.4, 0.5) is 0 Å². The van der Waals surface area contributed by atoms with Crippen molar-refractivity contribution in [3.63, 3.8) is 0 Å². The second-order valence-electron chi connectivity index (χ2n) is 5.91. The summed E-state index contributed by atoms with van der Waals surface area (Å²) >= 11 is 0. The Balaban J connectivity index is 0.000000133. The van der Waals surface area contributed by atoms with E-state index in [1.165, 1.54) is 12.0 Å². The van der Waals surface area contributed by atoms with Gasteiger partial charge in [0.25, 0.3) is 0 Å². The molecule has 1 heterocycles. The van der Waals surface area contributed by atoms with Crippen molar-refractivity contribution in [2.24, 2.45) is 11.7 Å². The SMILES string of the molecule is CC1CC1c1ccccc1.NCc1ccc2c(c1)OCCO2. The average molecular weight is 297 g/mol. The molecule has 1 aliphatic carbocycles. The van der Waals surface area contributed by atoms with E-state index in [0.29, 0.717) is 19.8 Å². The number of rotatable bonds is 2. The van der Waals surface area contributed by atoms with Crippen LogP contribution < -0.4 is 15.2 Å². The van der Waals surface area contributed by atoms with Gasteiger partial charge in [-0.2, -0.15) is 0 Å². The molecule has 2 aromatic rings. The van der Waals surface area contributed by atoms with Crippen molar-refractivity contribution in [3.8, 4) is 11.5 Å². The third kappa shape index (κ3) is 3.60. The van der Waals surface area contributed by atoms with Gasteiger partial charge in [0, 0.05) is 6.54 Å². The summed E-state index contributed by atoms with van der Waals surface area (Å²) in [6.45, 7) is 4.12. The summed E-state index contributed by atoms with van der Waals surface area (Å²) in [5.74, 6) is 3.44. The molecule has 2 atom stereocenters. The molecular formula is C19H23NO2. The van der Waals surface area contributed by atoms with Gasteiger partial charge in [-0.05, 0) is 41.5 Å². The molecule has 0 aromatic heterocycles. The lowest BCUT2D eigenvalue weighted by molar-refractivity contribution is 0.171. The third-order valence-corrected chi connectivity index (χ3v) is 4.18. The molecule has 0 bridgehead atoms. The van der Waals surface area contributed by atoms with E-state index in [4.69, 9.17) is 15.2 Å². The molecule has 3 nitrogen and oxygen atoms in total. The third-order valence-electron chi connectivity index (χ3n) is 4.18. The van der Waals surface area contributed by atoms with Gasteiger partial charge in [0.15, 0.2) is 11.5 Å². The predicted octanol–water partition coefficient (Wildman–Crippen LogP) is 3.73. The van der Waals surface area contributed by atoms with Gasteiger partial charge in [-0.3, -0.25) is 0 Å². The predicted molar refractivity (Wildman–Crippen MR) is 88.3 cm³/mol. The highest BCUT2D eigenvalue weighted by molar-refractivity contribution is 5.43. The lowest BCUT2D eigenvalue weighted by Gasteiger charge is -2.18. The van der Waals surface area contributed by atoms with Crippen molar-refractivity contribution in [2.45, 2.75) is 25.8 Å². The first-order valence-corrected chi connectivity index (χ1v) is 7.91. The molecule has 0 saturated heterocycles. The van der Waals surface area contributed by atoms with Gasteiger partial charge < -0.3 is 15.2 Å². The van der Waals surface area contributed by atoms with Crippen LogP contribution in [0.2, 0.25) is 0 Å². The Morgan fingerprint density at radius 1 is 1.00 bits per heavy atom. The molecule has 0 radical (unpaired) electrons. The van der Waals surface area contributed by atoms with Crippen LogP contribution in [-0.4, -0.2) is 13.2 Å². The van der Waals surface area contributed by atoms with Crippen molar-refractivity contribution >= 4 is 0 Å². The van der Waals surface area contributed by atoms with Gasteiger partial charge in [0.2, 0.25) is 0 Å². The Hall–Kier alpha value is -2.00. The molecule has 3 heteroatoms. The average Bonchev–Trinajstić information content (AvgIpc) is 3.32. The summed E-state index contributed by atoms with van der Waals surface area (Å²) in [5, 5.41) is 0. The van der Waals surface area contributed by atoms with Crippen LogP contribution in [0.25, 0.3) is 0 Å². The molecule has 0 spiro atoms. The Morgan fingerprint density at radius 3 is 2.32 bits per heavy atom. The summed E-state index contributed by atoms with van der Waals surface area (Å²) in [6.07, 6.45) is 1.39. The maximum Gasteiger partial charge on any atom is 0.161 e. The Kier molecular flexibility index (Phi) is 4.64. The fourth-order valence-electron chi connectivity index (χ4n) is 2.70. The van der Waals surface area contributed by atoms with Gasteiger partial charge in [-0.1, -0.05) is 43.3 Å². The van der Waals surface area contributed by atoms with Crippen LogP contribution in [0.3, 0.4) is 0 Å². The summed E-state index contributed by atoms with van der Waals surface area (Å²) in [7, 11) is 0. The first kappa shape index (κ1) is 14.9. The van der Waals surface area contributed by atoms with Crippen LogP contribution >= 0.6 is 0 Å². The molecule has 1 fully saturated rings. The van der Waals surface area contributed by atoms with Gasteiger partial charge in [-0.25, -0.2) is 0 Å². The van der Waals surface area contributed by atoms with E-state index in [1.807, 2.05) is 18.2 Å². The molecular weight excluding hydrogens is 274 g/mol. The van der Waals surface area contributed by atoms with E-state index in [1.54, 1.807) is 0 Å². The van der Waals surface area contributed by atoms with Crippen LogP contribution in [0, 0.1) is 5.92 Å². The summed E-state index contributed by atoms with van der Waals surface area (Å²) in [5.41, 5.74) is 8.08. The standard InChI is InChI=1S/C10H12.C9H11NO2/c1-8-7-10(8)9-5-3-2-4-6-9;10-6-7-1-2-8-9(5-7)12-4-3-11-8/h2-6,8,10H,7H2,1H3;1-2,5H,3-4,6,10H2. The topological polar surface area (TPSA) is 44.5 Å². The maximum atomic E-state index is 5.49. The second-order valence-corrected chi connectivity index (χ2v) is 5.91. The monoisotopic (exact) mass is 297 g/mol. The van der Waals surface area contributed by atoms with E-state index in [2.05, 4.69) is 37.3 Å². The van der Waals surface area contributed by atoms with Crippen LogP contribution in [0.1, 0.15) is 30.4 Å². The van der Waals surface area contributed by atoms with E-state index < -0.39 is 0 Å². The van der Waals surface area contributed by atoms with Crippen molar-refractivity contribution in [1.29, 1.82) is 0 Å². The summed E-state index contributed by atoms with van der Waals surface area (Å²) in [6, 6.07) is 16.6. The summed E-state index contributed by atoms with van der Waals surface area (Å²) in [4.78, 5) is 0. The van der Waals surface area contributed by atoms with Crippen molar-refractivity contribution in [3.05, 3.63) is 59.7 Å². The minimum absolute atomic E-state index is 0.538. The number of fused-ring (bicyclic) bond motifs is 1. The van der Waals surface area contributed by atoms with E-state index in [0.717, 1.165) is 28.9 Å². The van der Waals surface area contributed by atoms with Gasteiger partial charge in [0.1, 0.15) is 13.2 Å². The maximum absolute atomic E-state index is 5.49. The largest absolute Gasteiger partial charge is 0.486 e. The first-order valence-electron chi connectivity index (χ1n) is 7.91. The van der Waals surface area contributed by atoms with Crippen molar-refractivity contribution in [2.75, 3.05) is 13.2 Å². The van der Waals surface area contributed by atoms with Crippen LogP contribution in [0.15, 0.2) is 48.5 Å². The molecule has 1 aliphatic heterocycles. The molecule has 2 N–H and O–H groups in total. The number of nitrogens with two attached hydrogens (primary N) is 1. The van der Waals surface area contributed by atoms with Gasteiger partial charge in [0.05, 0.1) is 0 Å². The van der Waals surface area contributed by atoms with Crippen molar-refractivity contribution < 1.29 is 9.47 Å². The molecule has 2 aromatic carbocycles. The highest BCUT2D eigenvalue weighted by Crippen LogP contribution is 2.46. The molecule has 2 unspecified atom stereocenters. The summed E-state index contributed by atoms with van der Waals surface area (Å²) < 4.78 is 10.7. The minimum Gasteiger partial charge on any atom is -0.486 e. The molecule has 116 valence electrons. The van der Waals surface area contributed by atoms with Gasteiger partial charge >= 0.3 is 0 Å². The Labute approximate surface area is 132 Å². The number of ether oxygens (including phenoxy) is 2. The fourth-order valence-corrected chi connectivity index (χ4v) is 2.70. The molecule has 1 saturated carbocycles.